The maximum Gasteiger partial charge on any atom is 0.292 e. The molecule has 27 heavy (non-hydrogen) atoms. The molecule has 0 aliphatic heterocycles. The molecule has 2 aromatic carbocycles. The summed E-state index contributed by atoms with van der Waals surface area (Å²) >= 11 is 0. The van der Waals surface area contributed by atoms with Crippen LogP contribution in [0.25, 0.3) is 11.3 Å². The molecule has 0 spiro atoms. The lowest BCUT2D eigenvalue weighted by Gasteiger charge is -2.08. The van der Waals surface area contributed by atoms with Gasteiger partial charge in [-0.3, -0.25) is 4.79 Å². The van der Waals surface area contributed by atoms with E-state index in [-0.39, 0.29) is 11.7 Å². The number of nitrogens with zero attached hydrogens (tertiary/aromatic N) is 2. The summed E-state index contributed by atoms with van der Waals surface area (Å²) in [6.45, 7) is 2.60. The van der Waals surface area contributed by atoms with Crippen LogP contribution in [0.2, 0.25) is 0 Å². The summed E-state index contributed by atoms with van der Waals surface area (Å²) in [4.78, 5) is 12.4. The molecule has 1 N–H and O–H groups in total. The number of nitrogens with one attached hydrogen (secondary N) is 1. The first-order valence-electron chi connectivity index (χ1n) is 8.73. The lowest BCUT2D eigenvalue weighted by atomic mass is 10.1. The standard InChI is InChI=1S/C22H19N3O2/c1-16-7-5-10-18(13-16)19-14-21(23-22(26)20-11-6-12-27-20)25(24-19)15-17-8-3-2-4-9-17/h2-14H,15H2,1H3,(H,23,26). The number of rotatable bonds is 5. The smallest absolute Gasteiger partial charge is 0.292 e. The topological polar surface area (TPSA) is 60.1 Å². The van der Waals surface area contributed by atoms with Crippen LogP contribution in [0, 0.1) is 6.92 Å². The summed E-state index contributed by atoms with van der Waals surface area (Å²) in [7, 11) is 0. The van der Waals surface area contributed by atoms with Gasteiger partial charge in [0.15, 0.2) is 5.76 Å². The van der Waals surface area contributed by atoms with Gasteiger partial charge in [-0.15, -0.1) is 0 Å². The summed E-state index contributed by atoms with van der Waals surface area (Å²) < 4.78 is 6.99. The summed E-state index contributed by atoms with van der Waals surface area (Å²) in [6, 6.07) is 23.4. The van der Waals surface area contributed by atoms with E-state index in [1.807, 2.05) is 61.5 Å². The van der Waals surface area contributed by atoms with E-state index >= 15 is 0 Å². The number of carbonyl (C=O) groups excluding carboxylic acids is 1. The van der Waals surface area contributed by atoms with Crippen LogP contribution in [-0.4, -0.2) is 15.7 Å². The van der Waals surface area contributed by atoms with E-state index in [2.05, 4.69) is 11.4 Å². The molecular formula is C22H19N3O2. The van der Waals surface area contributed by atoms with Gasteiger partial charge in [0.1, 0.15) is 5.82 Å². The Morgan fingerprint density at radius 1 is 1.04 bits per heavy atom. The highest BCUT2D eigenvalue weighted by atomic mass is 16.3. The molecular weight excluding hydrogens is 338 g/mol. The Morgan fingerprint density at radius 3 is 2.63 bits per heavy atom. The molecule has 0 aliphatic carbocycles. The number of aromatic nitrogens is 2. The number of hydrogen-bond acceptors (Lipinski definition) is 3. The van der Waals surface area contributed by atoms with E-state index in [4.69, 9.17) is 9.52 Å². The average Bonchev–Trinajstić information content (AvgIpc) is 3.33. The predicted molar refractivity (Wildman–Crippen MR) is 105 cm³/mol. The molecule has 0 atom stereocenters. The van der Waals surface area contributed by atoms with Crippen molar-refractivity contribution in [3.05, 3.63) is 95.9 Å². The molecule has 0 fully saturated rings. The first-order valence-corrected chi connectivity index (χ1v) is 8.73. The first-order chi connectivity index (χ1) is 13.2. The zero-order chi connectivity index (χ0) is 18.6. The molecule has 0 unspecified atom stereocenters. The largest absolute Gasteiger partial charge is 0.459 e. The lowest BCUT2D eigenvalue weighted by Crippen LogP contribution is -2.15. The molecule has 134 valence electrons. The highest BCUT2D eigenvalue weighted by Crippen LogP contribution is 2.24. The van der Waals surface area contributed by atoms with Gasteiger partial charge in [-0.1, -0.05) is 54.1 Å². The number of amides is 1. The quantitative estimate of drug-likeness (QED) is 0.560. The molecule has 2 aromatic heterocycles. The lowest BCUT2D eigenvalue weighted by molar-refractivity contribution is 0.0995. The SMILES string of the molecule is Cc1cccc(-c2cc(NC(=O)c3ccco3)n(Cc3ccccc3)n2)c1. The Balaban J connectivity index is 1.69. The second kappa shape index (κ2) is 7.33. The van der Waals surface area contributed by atoms with E-state index in [9.17, 15) is 4.79 Å². The Hall–Kier alpha value is -3.60. The molecule has 0 aliphatic rings. The zero-order valence-electron chi connectivity index (χ0n) is 14.9. The number of hydrogen-bond donors (Lipinski definition) is 1. The van der Waals surface area contributed by atoms with Crippen LogP contribution in [0.4, 0.5) is 5.82 Å². The number of anilines is 1. The number of furan rings is 1. The fourth-order valence-corrected chi connectivity index (χ4v) is 2.93. The molecule has 0 bridgehead atoms. The van der Waals surface area contributed by atoms with Crippen molar-refractivity contribution in [1.29, 1.82) is 0 Å². The molecule has 1 amide bonds. The van der Waals surface area contributed by atoms with Crippen LogP contribution < -0.4 is 5.32 Å². The van der Waals surface area contributed by atoms with Crippen molar-refractivity contribution in [2.45, 2.75) is 13.5 Å². The first kappa shape index (κ1) is 16.8. The summed E-state index contributed by atoms with van der Waals surface area (Å²) in [6.07, 6.45) is 1.48. The van der Waals surface area contributed by atoms with Gasteiger partial charge >= 0.3 is 0 Å². The average molecular weight is 357 g/mol. The Labute approximate surface area is 157 Å². The summed E-state index contributed by atoms with van der Waals surface area (Å²) in [5.74, 6) is 0.585. The van der Waals surface area contributed by atoms with Gasteiger partial charge in [-0.25, -0.2) is 4.68 Å². The Bertz CT molecular complexity index is 1050. The van der Waals surface area contributed by atoms with Gasteiger partial charge < -0.3 is 9.73 Å². The van der Waals surface area contributed by atoms with E-state index in [1.54, 1.807) is 16.8 Å². The monoisotopic (exact) mass is 357 g/mol. The van der Waals surface area contributed by atoms with E-state index in [0.717, 1.165) is 22.4 Å². The van der Waals surface area contributed by atoms with Crippen molar-refractivity contribution in [2.24, 2.45) is 0 Å². The third-order valence-electron chi connectivity index (χ3n) is 4.26. The molecule has 5 heteroatoms. The van der Waals surface area contributed by atoms with Crippen LogP contribution in [0.3, 0.4) is 0 Å². The highest BCUT2D eigenvalue weighted by molar-refractivity contribution is 6.02. The minimum Gasteiger partial charge on any atom is -0.459 e. The van der Waals surface area contributed by atoms with Crippen molar-refractivity contribution in [1.82, 2.24) is 9.78 Å². The summed E-state index contributed by atoms with van der Waals surface area (Å²) in [5.41, 5.74) is 4.08. The number of carbonyl (C=O) groups is 1. The minimum atomic E-state index is -0.301. The Morgan fingerprint density at radius 2 is 1.89 bits per heavy atom. The molecule has 0 saturated carbocycles. The van der Waals surface area contributed by atoms with Crippen LogP contribution in [-0.2, 0) is 6.54 Å². The van der Waals surface area contributed by atoms with E-state index in [0.29, 0.717) is 12.4 Å². The molecule has 0 saturated heterocycles. The van der Waals surface area contributed by atoms with E-state index in [1.165, 1.54) is 6.26 Å². The van der Waals surface area contributed by atoms with Crippen LogP contribution in [0.1, 0.15) is 21.7 Å². The van der Waals surface area contributed by atoms with Crippen molar-refractivity contribution in [3.8, 4) is 11.3 Å². The predicted octanol–water partition coefficient (Wildman–Crippen LogP) is 4.75. The molecule has 5 nitrogen and oxygen atoms in total. The van der Waals surface area contributed by atoms with Crippen LogP contribution in [0.15, 0.2) is 83.5 Å². The normalized spacial score (nSPS) is 10.7. The summed E-state index contributed by atoms with van der Waals surface area (Å²) in [5, 5.41) is 7.63. The van der Waals surface area contributed by atoms with Gasteiger partial charge in [0.2, 0.25) is 0 Å². The zero-order valence-corrected chi connectivity index (χ0v) is 14.9. The maximum absolute atomic E-state index is 12.4. The second-order valence-corrected chi connectivity index (χ2v) is 6.36. The highest BCUT2D eigenvalue weighted by Gasteiger charge is 2.15. The number of aryl methyl sites for hydroxylation is 1. The second-order valence-electron chi connectivity index (χ2n) is 6.36. The van der Waals surface area contributed by atoms with Gasteiger partial charge in [0.05, 0.1) is 18.5 Å². The number of benzene rings is 2. The van der Waals surface area contributed by atoms with Gasteiger partial charge in [-0.05, 0) is 30.7 Å². The fourth-order valence-electron chi connectivity index (χ4n) is 2.93. The van der Waals surface area contributed by atoms with Gasteiger partial charge in [-0.2, -0.15) is 5.10 Å². The van der Waals surface area contributed by atoms with Crippen molar-refractivity contribution >= 4 is 11.7 Å². The van der Waals surface area contributed by atoms with Crippen LogP contribution in [0.5, 0.6) is 0 Å². The van der Waals surface area contributed by atoms with E-state index < -0.39 is 0 Å². The molecule has 2 heterocycles. The Kier molecular flexibility index (Phi) is 4.58. The van der Waals surface area contributed by atoms with Crippen molar-refractivity contribution in [3.63, 3.8) is 0 Å². The minimum absolute atomic E-state index is 0.263. The molecule has 4 rings (SSSR count). The fraction of sp³-hybridized carbons (Fsp3) is 0.0909. The maximum atomic E-state index is 12.4. The van der Waals surface area contributed by atoms with Gasteiger partial charge in [0.25, 0.3) is 5.91 Å². The molecule has 4 aromatic rings. The van der Waals surface area contributed by atoms with Gasteiger partial charge in [0, 0.05) is 11.6 Å². The molecule has 0 radical (unpaired) electrons. The van der Waals surface area contributed by atoms with Crippen LogP contribution >= 0.6 is 0 Å². The third-order valence-corrected chi connectivity index (χ3v) is 4.26. The third kappa shape index (κ3) is 3.82. The van der Waals surface area contributed by atoms with Crippen molar-refractivity contribution < 1.29 is 9.21 Å². The van der Waals surface area contributed by atoms with Crippen molar-refractivity contribution in [2.75, 3.05) is 5.32 Å².